The molecule has 3 heterocycles. The molecule has 2 aliphatic heterocycles. The minimum Gasteiger partial charge on any atom is -0.399 e. The molecule has 2 fully saturated rings. The van der Waals surface area contributed by atoms with E-state index < -0.39 is 0 Å². The van der Waals surface area contributed by atoms with Crippen LogP contribution in [-0.2, 0) is 20.5 Å². The van der Waals surface area contributed by atoms with Gasteiger partial charge < -0.3 is 21.0 Å². The standard InChI is InChI=1S/C23H32BN2O3.Ho/c1-6-15-10-11-16-13-18-17(14-25-26(18)19-9-7-8-12-27-19)21(20(15)16)24-28-22(2,3)23(4,5)29-24;/h13-15,19H,1,6-12H2,2-5H3;/q-1;. The third-order valence-electron chi connectivity index (χ3n) is 7.51. The van der Waals surface area contributed by atoms with Crippen LogP contribution in [0.2, 0.25) is 0 Å². The first-order chi connectivity index (χ1) is 13.8. The summed E-state index contributed by atoms with van der Waals surface area (Å²) in [5.41, 5.74) is 4.36. The topological polar surface area (TPSA) is 45.5 Å². The molecule has 0 saturated carbocycles. The van der Waals surface area contributed by atoms with Crippen molar-refractivity contribution in [3.05, 3.63) is 30.3 Å². The zero-order valence-electron chi connectivity index (χ0n) is 18.5. The SMILES string of the molecule is [CH2-]CC1CCc2cc3c(cnn3C3CCCCO3)c(B3OC(C)(C)C(C)(C)O3)c21.[Ho]. The summed E-state index contributed by atoms with van der Waals surface area (Å²) in [6.45, 7) is 13.5. The summed E-state index contributed by atoms with van der Waals surface area (Å²) in [4.78, 5) is 0. The monoisotopic (exact) mass is 560 g/mol. The summed E-state index contributed by atoms with van der Waals surface area (Å²) >= 11 is 0. The Morgan fingerprint density at radius 1 is 1.17 bits per heavy atom. The van der Waals surface area contributed by atoms with Crippen molar-refractivity contribution in [2.75, 3.05) is 6.61 Å². The summed E-state index contributed by atoms with van der Waals surface area (Å²) < 4.78 is 21.2. The van der Waals surface area contributed by atoms with Crippen LogP contribution < -0.4 is 5.46 Å². The van der Waals surface area contributed by atoms with Crippen LogP contribution in [0.25, 0.3) is 10.9 Å². The normalized spacial score (nSPS) is 27.3. The van der Waals surface area contributed by atoms with Crippen LogP contribution >= 0.6 is 0 Å². The van der Waals surface area contributed by atoms with Gasteiger partial charge in [-0.1, -0.05) is 0 Å². The van der Waals surface area contributed by atoms with Gasteiger partial charge in [-0.15, -0.1) is 0 Å². The number of hydrogen-bond acceptors (Lipinski definition) is 4. The fourth-order valence-electron chi connectivity index (χ4n) is 5.10. The van der Waals surface area contributed by atoms with Crippen LogP contribution in [0.1, 0.15) is 83.1 Å². The van der Waals surface area contributed by atoms with Crippen molar-refractivity contribution < 1.29 is 51.8 Å². The van der Waals surface area contributed by atoms with E-state index in [4.69, 9.17) is 19.1 Å². The van der Waals surface area contributed by atoms with Crippen molar-refractivity contribution in [1.29, 1.82) is 0 Å². The molecule has 1 radical (unpaired) electrons. The van der Waals surface area contributed by atoms with Crippen molar-refractivity contribution in [3.8, 4) is 0 Å². The summed E-state index contributed by atoms with van der Waals surface area (Å²) in [5.74, 6) is 0.456. The molecule has 1 aromatic heterocycles. The Balaban J connectivity index is 0.00000218. The molecule has 2 saturated heterocycles. The Kier molecular flexibility index (Phi) is 6.42. The second-order valence-corrected chi connectivity index (χ2v) is 9.82. The minimum atomic E-state index is -0.380. The number of hydrogen-bond donors (Lipinski definition) is 0. The first-order valence-electron chi connectivity index (χ1n) is 11.1. The molecule has 5 rings (SSSR count). The molecule has 5 nitrogen and oxygen atoms in total. The number of nitrogens with zero attached hydrogens (tertiary/aromatic N) is 2. The van der Waals surface area contributed by atoms with Crippen molar-refractivity contribution in [2.24, 2.45) is 0 Å². The molecule has 0 amide bonds. The second-order valence-electron chi connectivity index (χ2n) is 9.82. The average molecular weight is 560 g/mol. The summed E-state index contributed by atoms with van der Waals surface area (Å²) in [7, 11) is -0.380. The summed E-state index contributed by atoms with van der Waals surface area (Å²) in [6, 6.07) is 2.33. The van der Waals surface area contributed by atoms with Gasteiger partial charge in [-0.3, -0.25) is 0 Å². The van der Waals surface area contributed by atoms with Gasteiger partial charge in [0.15, 0.2) is 6.23 Å². The molecule has 2 atom stereocenters. The molecule has 0 bridgehead atoms. The molecule has 0 N–H and O–H groups in total. The van der Waals surface area contributed by atoms with Gasteiger partial charge in [0.1, 0.15) is 0 Å². The number of ether oxygens (including phenoxy) is 1. The number of aromatic nitrogens is 2. The van der Waals surface area contributed by atoms with Crippen LogP contribution in [0.15, 0.2) is 12.3 Å². The fraction of sp³-hybridized carbons (Fsp3) is 0.652. The predicted octanol–water partition coefficient (Wildman–Crippen LogP) is 4.29. The van der Waals surface area contributed by atoms with E-state index in [9.17, 15) is 0 Å². The molecule has 1 aromatic carbocycles. The largest absolute Gasteiger partial charge is 0.495 e. The second kappa shape index (κ2) is 8.35. The van der Waals surface area contributed by atoms with Gasteiger partial charge in [-0.25, -0.2) is 4.68 Å². The average Bonchev–Trinajstić information content (AvgIpc) is 3.34. The minimum absolute atomic E-state index is 0. The quantitative estimate of drug-likeness (QED) is 0.416. The molecule has 2 unspecified atom stereocenters. The molecule has 7 heteroatoms. The van der Waals surface area contributed by atoms with Gasteiger partial charge in [0.05, 0.1) is 22.9 Å². The molecule has 167 valence electrons. The Morgan fingerprint density at radius 2 is 1.90 bits per heavy atom. The van der Waals surface area contributed by atoms with Crippen molar-refractivity contribution in [3.63, 3.8) is 0 Å². The molecule has 3 aliphatic rings. The third-order valence-corrected chi connectivity index (χ3v) is 7.51. The van der Waals surface area contributed by atoms with Crippen LogP contribution in [0, 0.1) is 44.7 Å². The summed E-state index contributed by atoms with van der Waals surface area (Å²) in [5, 5.41) is 5.92. The van der Waals surface area contributed by atoms with E-state index in [0.717, 1.165) is 49.6 Å². The Hall–Kier alpha value is -0.105. The van der Waals surface area contributed by atoms with E-state index in [0.29, 0.717) is 5.92 Å². The van der Waals surface area contributed by atoms with Gasteiger partial charge >= 0.3 is 7.12 Å². The molecule has 2 aromatic rings. The van der Waals surface area contributed by atoms with Crippen LogP contribution in [0.5, 0.6) is 0 Å². The van der Waals surface area contributed by atoms with Crippen LogP contribution in [0.4, 0.5) is 0 Å². The van der Waals surface area contributed by atoms with Crippen LogP contribution in [0.3, 0.4) is 0 Å². The number of rotatable bonds is 3. The van der Waals surface area contributed by atoms with Crippen molar-refractivity contribution >= 4 is 23.5 Å². The van der Waals surface area contributed by atoms with Crippen molar-refractivity contribution in [1.82, 2.24) is 9.78 Å². The molecule has 0 spiro atoms. The molecule has 30 heavy (non-hydrogen) atoms. The number of aryl methyl sites for hydroxylation is 1. The van der Waals surface area contributed by atoms with Gasteiger partial charge in [-0.2, -0.15) is 11.5 Å². The van der Waals surface area contributed by atoms with Gasteiger partial charge in [0.2, 0.25) is 0 Å². The van der Waals surface area contributed by atoms with E-state index in [1.165, 1.54) is 23.0 Å². The molecule has 1 aliphatic carbocycles. The summed E-state index contributed by atoms with van der Waals surface area (Å²) in [6.07, 6.45) is 8.47. The van der Waals surface area contributed by atoms with Crippen LogP contribution in [-0.4, -0.2) is 34.7 Å². The smallest absolute Gasteiger partial charge is 0.399 e. The van der Waals surface area contributed by atoms with E-state index in [1.807, 2.05) is 6.20 Å². The van der Waals surface area contributed by atoms with E-state index >= 15 is 0 Å². The maximum Gasteiger partial charge on any atom is 0.495 e. The van der Waals surface area contributed by atoms with Gasteiger partial charge in [0, 0.05) is 49.7 Å². The Labute approximate surface area is 210 Å². The first-order valence-corrected chi connectivity index (χ1v) is 11.1. The predicted molar refractivity (Wildman–Crippen MR) is 115 cm³/mol. The number of fused-ring (bicyclic) bond motifs is 2. The molecular weight excluding hydrogens is 528 g/mol. The maximum absolute atomic E-state index is 6.52. The van der Waals surface area contributed by atoms with Crippen molar-refractivity contribution in [2.45, 2.75) is 89.6 Å². The Morgan fingerprint density at radius 3 is 2.53 bits per heavy atom. The van der Waals surface area contributed by atoms with E-state index in [2.05, 4.69) is 45.4 Å². The zero-order chi connectivity index (χ0) is 20.4. The van der Waals surface area contributed by atoms with Gasteiger partial charge in [-0.05, 0) is 88.4 Å². The third kappa shape index (κ3) is 3.60. The first kappa shape index (κ1) is 23.1. The van der Waals surface area contributed by atoms with Gasteiger partial charge in [0.25, 0.3) is 0 Å². The van der Waals surface area contributed by atoms with E-state index in [1.54, 1.807) is 0 Å². The maximum atomic E-state index is 6.52. The molecular formula is C23H32BHoN2O3-. The van der Waals surface area contributed by atoms with E-state index in [-0.39, 0.29) is 62.3 Å². The number of benzene rings is 1. The fourth-order valence-corrected chi connectivity index (χ4v) is 5.10. The zero-order valence-corrected chi connectivity index (χ0v) is 20.4. The Bertz CT molecular complexity index is 920.